The van der Waals surface area contributed by atoms with Crippen molar-refractivity contribution in [3.8, 4) is 146 Å². The largest absolute Gasteiger partial charge is 0.456 e. The molecule has 22 rings (SSSR count). The summed E-state index contributed by atoms with van der Waals surface area (Å²) in [5.41, 5.74) is 28.8. The zero-order valence-corrected chi connectivity index (χ0v) is 58.4. The topological polar surface area (TPSA) is 70.0 Å². The van der Waals surface area contributed by atoms with Crippen LogP contribution in [-0.4, -0.2) is 19.9 Å². The normalized spacial score (nSPS) is 14.2. The van der Waals surface area contributed by atoms with E-state index in [0.29, 0.717) is 11.6 Å². The van der Waals surface area contributed by atoms with Gasteiger partial charge in [-0.15, -0.1) is 0 Å². The number of hydrogen-bond acceptors (Lipinski definition) is 6. The van der Waals surface area contributed by atoms with Crippen LogP contribution in [0.3, 0.4) is 0 Å². The summed E-state index contributed by atoms with van der Waals surface area (Å²) in [5.74, 6) is 4.74. The van der Waals surface area contributed by atoms with Crippen molar-refractivity contribution in [2.24, 2.45) is 0 Å². The van der Waals surface area contributed by atoms with Crippen LogP contribution in [0.15, 0.2) is 376 Å². The Kier molecular flexibility index (Phi) is 13.7. The maximum absolute atomic E-state index is 7.29. The number of rotatable bonds is 9. The van der Waals surface area contributed by atoms with Crippen LogP contribution in [0, 0.1) is 0 Å². The molecule has 4 heterocycles. The quantitative estimate of drug-likeness (QED) is 0.143. The van der Waals surface area contributed by atoms with Crippen LogP contribution < -0.4 is 9.47 Å². The molecule has 0 amide bonds. The van der Waals surface area contributed by atoms with Crippen molar-refractivity contribution in [1.29, 1.82) is 0 Å². The van der Waals surface area contributed by atoms with Gasteiger partial charge in [0.15, 0.2) is 11.6 Å². The average Bonchev–Trinajstić information content (AvgIpc) is 1.49. The third kappa shape index (κ3) is 9.20. The van der Waals surface area contributed by atoms with E-state index >= 15 is 0 Å². The van der Waals surface area contributed by atoms with Gasteiger partial charge in [-0.3, -0.25) is 0 Å². The molecule has 0 saturated carbocycles. The summed E-state index contributed by atoms with van der Waals surface area (Å²) in [5, 5.41) is 4.56. The molecule has 2 aromatic heterocycles. The third-order valence-corrected chi connectivity index (χ3v) is 22.9. The van der Waals surface area contributed by atoms with Gasteiger partial charge in [0.2, 0.25) is 0 Å². The summed E-state index contributed by atoms with van der Waals surface area (Å²) in [6, 6.07) is 135. The first kappa shape index (κ1) is 61.3. The van der Waals surface area contributed by atoms with E-state index in [0.717, 1.165) is 151 Å². The number of nitrogens with zero attached hydrogens (tertiary/aromatic N) is 4. The maximum atomic E-state index is 7.29. The second-order valence-corrected chi connectivity index (χ2v) is 28.5. The Labute approximate surface area is 624 Å². The minimum absolute atomic E-state index is 0.557. The lowest BCUT2D eigenvalue weighted by atomic mass is 9.65. The summed E-state index contributed by atoms with van der Waals surface area (Å²) in [7, 11) is 0. The molecule has 2 spiro atoms. The van der Waals surface area contributed by atoms with Crippen molar-refractivity contribution in [2.45, 2.75) is 10.8 Å². The van der Waals surface area contributed by atoms with Crippen LogP contribution in [-0.2, 0) is 10.8 Å². The molecule has 0 bridgehead atoms. The van der Waals surface area contributed by atoms with E-state index in [1.165, 1.54) is 49.9 Å². The van der Waals surface area contributed by atoms with Crippen molar-refractivity contribution in [3.05, 3.63) is 421 Å². The number of benzene rings is 16. The highest BCUT2D eigenvalue weighted by molar-refractivity contribution is 6.06. The van der Waals surface area contributed by atoms with E-state index in [2.05, 4.69) is 352 Å². The van der Waals surface area contributed by atoms with Crippen molar-refractivity contribution in [3.63, 3.8) is 0 Å². The van der Waals surface area contributed by atoms with E-state index in [9.17, 15) is 0 Å². The molecular formula is C102H62N4O2. The monoisotopic (exact) mass is 1370 g/mol. The van der Waals surface area contributed by atoms with Crippen molar-refractivity contribution in [2.75, 3.05) is 0 Å². The van der Waals surface area contributed by atoms with E-state index in [1.54, 1.807) is 0 Å². The summed E-state index contributed by atoms with van der Waals surface area (Å²) >= 11 is 0. The Hall–Kier alpha value is -14.2. The second-order valence-electron chi connectivity index (χ2n) is 28.5. The third-order valence-electron chi connectivity index (χ3n) is 22.9. The molecule has 6 nitrogen and oxygen atoms in total. The molecule has 108 heavy (non-hydrogen) atoms. The number of aromatic nitrogens is 4. The van der Waals surface area contributed by atoms with Crippen molar-refractivity contribution >= 4 is 21.5 Å². The Morgan fingerprint density at radius 1 is 0.194 bits per heavy atom. The predicted molar refractivity (Wildman–Crippen MR) is 436 cm³/mol. The van der Waals surface area contributed by atoms with Gasteiger partial charge in [0.05, 0.1) is 33.6 Å². The van der Waals surface area contributed by atoms with Gasteiger partial charge >= 0.3 is 0 Å². The van der Waals surface area contributed by atoms with Gasteiger partial charge in [-0.25, -0.2) is 19.9 Å². The summed E-state index contributed by atoms with van der Waals surface area (Å²) in [6.07, 6.45) is 0. The number of para-hydroxylation sites is 4. The van der Waals surface area contributed by atoms with Gasteiger partial charge < -0.3 is 9.47 Å². The molecule has 18 aromatic rings. The van der Waals surface area contributed by atoms with Gasteiger partial charge in [0, 0.05) is 66.8 Å². The Balaban J connectivity index is 0.628. The van der Waals surface area contributed by atoms with Gasteiger partial charge in [-0.2, -0.15) is 0 Å². The molecule has 4 aliphatic rings. The van der Waals surface area contributed by atoms with Gasteiger partial charge in [0.1, 0.15) is 23.0 Å². The average molecular weight is 1380 g/mol. The summed E-state index contributed by atoms with van der Waals surface area (Å²) < 4.78 is 14.4. The molecule has 502 valence electrons. The van der Waals surface area contributed by atoms with Crippen molar-refractivity contribution in [1.82, 2.24) is 19.9 Å². The van der Waals surface area contributed by atoms with Crippen LogP contribution >= 0.6 is 0 Å². The van der Waals surface area contributed by atoms with E-state index in [-0.39, 0.29) is 0 Å². The van der Waals surface area contributed by atoms with Crippen LogP contribution in [0.4, 0.5) is 0 Å². The molecule has 0 fully saturated rings. The standard InChI is InChI=1S/C102H62N4O2/c1-3-25-68(26-4-1)99-103-90(66-54-50-64(51-55-66)74-35-21-46-88-97(74)107-94-48-17-15-43-85(94)101(88)82-40-12-9-32-77(82)78-33-10-13-41-83(78)101)61-92(105-99)71-58-59-73-70(60-71)30-20-37-76(73)80-39-23-45-87-96(80)81-34-11-14-42-84(81)102(87)86-44-16-18-49-95(86)108-98-75(36-22-47-89(98)102)65-52-56-67(57-53-65)91-62-93(106-100(104-91)69-27-5-2-6-28-69)79-38-19-29-63-24-7-8-31-72(63)79/h1-62H. The number of hydrogen-bond donors (Lipinski definition) is 0. The molecule has 0 radical (unpaired) electrons. The van der Waals surface area contributed by atoms with Gasteiger partial charge in [-0.1, -0.05) is 346 Å². The highest BCUT2D eigenvalue weighted by Gasteiger charge is 2.53. The predicted octanol–water partition coefficient (Wildman–Crippen LogP) is 25.5. The van der Waals surface area contributed by atoms with Gasteiger partial charge in [-0.05, 0) is 119 Å². The Morgan fingerprint density at radius 2 is 0.556 bits per heavy atom. The molecule has 16 aromatic carbocycles. The smallest absolute Gasteiger partial charge is 0.160 e. The maximum Gasteiger partial charge on any atom is 0.160 e. The van der Waals surface area contributed by atoms with Crippen LogP contribution in [0.25, 0.3) is 145 Å². The molecular weight excluding hydrogens is 1310 g/mol. The zero-order valence-electron chi connectivity index (χ0n) is 58.4. The second kappa shape index (κ2) is 24.2. The fourth-order valence-electron chi connectivity index (χ4n) is 18.2. The summed E-state index contributed by atoms with van der Waals surface area (Å²) in [6.45, 7) is 0. The first-order chi connectivity index (χ1) is 53.5. The van der Waals surface area contributed by atoms with E-state index < -0.39 is 10.8 Å². The Morgan fingerprint density at radius 3 is 1.14 bits per heavy atom. The van der Waals surface area contributed by atoms with Crippen LogP contribution in [0.5, 0.6) is 23.0 Å². The first-order valence-electron chi connectivity index (χ1n) is 36.9. The van der Waals surface area contributed by atoms with E-state index in [4.69, 9.17) is 29.4 Å². The summed E-state index contributed by atoms with van der Waals surface area (Å²) in [4.78, 5) is 21.2. The van der Waals surface area contributed by atoms with Gasteiger partial charge in [0.25, 0.3) is 0 Å². The van der Waals surface area contributed by atoms with Crippen LogP contribution in [0.1, 0.15) is 44.5 Å². The SMILES string of the molecule is c1ccc(-c2nc(-c3ccc(-c4cccc5c4Oc4ccccc4C54c5ccccc5-c5ccccc54)cc3)cc(-c3ccc4c(-c5cccc6c5-c5ccccc5C65c6ccccc6Oc6c(-c7ccc(-c8cc(-c9cccc%10ccccc9%10)nc(-c9ccccc9)n8)cc7)cccc65)cccc4c3)n2)cc1. The molecule has 0 N–H and O–H groups in total. The number of fused-ring (bicyclic) bond motifs is 20. The first-order valence-corrected chi connectivity index (χ1v) is 36.9. The Bertz CT molecular complexity index is 6700. The lowest BCUT2D eigenvalue weighted by Crippen LogP contribution is -2.32. The zero-order chi connectivity index (χ0) is 71.0. The van der Waals surface area contributed by atoms with E-state index in [1.807, 2.05) is 24.3 Å². The lowest BCUT2D eigenvalue weighted by Gasteiger charge is -2.40. The molecule has 6 heteroatoms. The molecule has 2 aliphatic heterocycles. The van der Waals surface area contributed by atoms with Crippen molar-refractivity contribution < 1.29 is 9.47 Å². The molecule has 0 saturated heterocycles. The fourth-order valence-corrected chi connectivity index (χ4v) is 18.2. The fraction of sp³-hybridized carbons (Fsp3) is 0.0196. The molecule has 1 atom stereocenters. The highest BCUT2D eigenvalue weighted by Crippen LogP contribution is 2.66. The number of ether oxygens (including phenoxy) is 2. The minimum Gasteiger partial charge on any atom is -0.456 e. The highest BCUT2D eigenvalue weighted by atomic mass is 16.5. The van der Waals surface area contributed by atoms with Crippen LogP contribution in [0.2, 0.25) is 0 Å². The molecule has 2 aliphatic carbocycles. The lowest BCUT2D eigenvalue weighted by molar-refractivity contribution is 0.438. The minimum atomic E-state index is -0.726. The molecule has 1 unspecified atom stereocenters.